The third-order valence-corrected chi connectivity index (χ3v) is 3.55. The zero-order valence-corrected chi connectivity index (χ0v) is 15.0. The van der Waals surface area contributed by atoms with E-state index in [4.69, 9.17) is 9.47 Å². The number of rotatable bonds is 7. The molecule has 1 amide bonds. The van der Waals surface area contributed by atoms with E-state index in [0.717, 1.165) is 12.1 Å². The highest BCUT2D eigenvalue weighted by molar-refractivity contribution is 5.85. The van der Waals surface area contributed by atoms with E-state index in [1.807, 2.05) is 0 Å². The van der Waals surface area contributed by atoms with Crippen LogP contribution >= 0.6 is 0 Å². The van der Waals surface area contributed by atoms with Crippen LogP contribution in [-0.2, 0) is 11.0 Å². The predicted molar refractivity (Wildman–Crippen MR) is 96.9 cm³/mol. The molecule has 10 heteroatoms. The Hall–Kier alpha value is -3.43. The predicted octanol–water partition coefficient (Wildman–Crippen LogP) is 2.99. The maximum absolute atomic E-state index is 12.7. The molecule has 2 rings (SSSR count). The Bertz CT molecular complexity index is 844. The number of hydrogen-bond donors (Lipinski definition) is 3. The summed E-state index contributed by atoms with van der Waals surface area (Å²) in [5, 5.41) is 16.2. The normalized spacial score (nSPS) is 11.3. The Balaban J connectivity index is 1.94. The van der Waals surface area contributed by atoms with E-state index in [1.54, 1.807) is 0 Å². The van der Waals surface area contributed by atoms with Crippen molar-refractivity contribution in [1.29, 1.82) is 0 Å². The lowest BCUT2D eigenvalue weighted by molar-refractivity contribution is -0.137. The molecule has 0 aliphatic carbocycles. The summed E-state index contributed by atoms with van der Waals surface area (Å²) in [7, 11) is 2.74. The lowest BCUT2D eigenvalue weighted by Gasteiger charge is -2.10. The van der Waals surface area contributed by atoms with Crippen LogP contribution in [0.5, 0.6) is 17.2 Å². The van der Waals surface area contributed by atoms with E-state index in [9.17, 15) is 23.1 Å². The quantitative estimate of drug-likeness (QED) is 0.494. The standard InChI is InChI=1S/C18H18F3N3O4/c1-27-14-6-11(7-15(28-2)17(14)26)9-23-24-16(25)10-22-13-5-3-4-12(8-13)18(19,20)21/h3-9,22,26H,10H2,1-2H3,(H,24,25)/b23-9+. The molecule has 28 heavy (non-hydrogen) atoms. The van der Waals surface area contributed by atoms with Gasteiger partial charge in [-0.3, -0.25) is 4.79 Å². The monoisotopic (exact) mass is 397 g/mol. The summed E-state index contributed by atoms with van der Waals surface area (Å²) in [6.45, 7) is -0.277. The first-order valence-corrected chi connectivity index (χ1v) is 7.92. The number of carbonyl (C=O) groups excluding carboxylic acids is 1. The van der Waals surface area contributed by atoms with E-state index >= 15 is 0 Å². The summed E-state index contributed by atoms with van der Waals surface area (Å²) < 4.78 is 48.0. The SMILES string of the molecule is COc1cc(/C=N/NC(=O)CNc2cccc(C(F)(F)F)c2)cc(OC)c1O. The first-order valence-electron chi connectivity index (χ1n) is 7.92. The van der Waals surface area contributed by atoms with Crippen LogP contribution in [0.15, 0.2) is 41.5 Å². The van der Waals surface area contributed by atoms with Gasteiger partial charge in [-0.1, -0.05) is 6.07 Å². The molecule has 0 saturated carbocycles. The van der Waals surface area contributed by atoms with Gasteiger partial charge in [0.25, 0.3) is 5.91 Å². The molecule has 150 valence electrons. The Labute approximate surface area is 158 Å². The van der Waals surface area contributed by atoms with Crippen molar-refractivity contribution in [1.82, 2.24) is 5.43 Å². The molecule has 0 saturated heterocycles. The van der Waals surface area contributed by atoms with E-state index in [0.29, 0.717) is 5.56 Å². The average Bonchev–Trinajstić information content (AvgIpc) is 2.67. The van der Waals surface area contributed by atoms with Gasteiger partial charge in [0, 0.05) is 11.3 Å². The van der Waals surface area contributed by atoms with Crippen molar-refractivity contribution in [3.8, 4) is 17.2 Å². The molecule has 2 aromatic carbocycles. The van der Waals surface area contributed by atoms with Crippen molar-refractivity contribution in [2.75, 3.05) is 26.1 Å². The summed E-state index contributed by atoms with van der Waals surface area (Å²) in [5.74, 6) is -0.403. The minimum Gasteiger partial charge on any atom is -0.502 e. The molecular formula is C18H18F3N3O4. The number of halogens is 3. The van der Waals surface area contributed by atoms with Gasteiger partial charge < -0.3 is 19.9 Å². The molecule has 0 aliphatic heterocycles. The number of carbonyl (C=O) groups is 1. The van der Waals surface area contributed by atoms with Crippen LogP contribution in [0.4, 0.5) is 18.9 Å². The fourth-order valence-corrected chi connectivity index (χ4v) is 2.19. The van der Waals surface area contributed by atoms with Crippen LogP contribution in [0.2, 0.25) is 0 Å². The second-order valence-electron chi connectivity index (χ2n) is 5.50. The molecular weight excluding hydrogens is 379 g/mol. The molecule has 0 aliphatic rings. The topological polar surface area (TPSA) is 92.2 Å². The van der Waals surface area contributed by atoms with Gasteiger partial charge in [0.15, 0.2) is 11.5 Å². The number of nitrogens with one attached hydrogen (secondary N) is 2. The van der Waals surface area contributed by atoms with Gasteiger partial charge in [-0.2, -0.15) is 18.3 Å². The molecule has 0 atom stereocenters. The van der Waals surface area contributed by atoms with E-state index in [2.05, 4.69) is 15.8 Å². The van der Waals surface area contributed by atoms with Crippen LogP contribution in [0.3, 0.4) is 0 Å². The van der Waals surface area contributed by atoms with Crippen molar-refractivity contribution in [3.05, 3.63) is 47.5 Å². The van der Waals surface area contributed by atoms with Crippen molar-refractivity contribution < 1.29 is 32.5 Å². The van der Waals surface area contributed by atoms with Crippen molar-refractivity contribution in [3.63, 3.8) is 0 Å². The van der Waals surface area contributed by atoms with Crippen molar-refractivity contribution >= 4 is 17.8 Å². The largest absolute Gasteiger partial charge is 0.502 e. The molecule has 0 heterocycles. The number of nitrogens with zero attached hydrogens (tertiary/aromatic N) is 1. The Kier molecular flexibility index (Phi) is 6.69. The third-order valence-electron chi connectivity index (χ3n) is 3.55. The van der Waals surface area contributed by atoms with Crippen LogP contribution < -0.4 is 20.2 Å². The number of ether oxygens (including phenoxy) is 2. The van der Waals surface area contributed by atoms with E-state index < -0.39 is 17.6 Å². The number of alkyl halides is 3. The minimum absolute atomic E-state index is 0.155. The Morgan fingerprint density at radius 2 is 1.82 bits per heavy atom. The van der Waals surface area contributed by atoms with Gasteiger partial charge in [0.1, 0.15) is 0 Å². The molecule has 0 spiro atoms. The summed E-state index contributed by atoms with van der Waals surface area (Å²) in [6, 6.07) is 7.47. The highest BCUT2D eigenvalue weighted by atomic mass is 19.4. The van der Waals surface area contributed by atoms with Crippen LogP contribution in [0.1, 0.15) is 11.1 Å². The van der Waals surface area contributed by atoms with Gasteiger partial charge in [-0.05, 0) is 30.3 Å². The molecule has 0 bridgehead atoms. The number of amides is 1. The number of benzene rings is 2. The van der Waals surface area contributed by atoms with Crippen molar-refractivity contribution in [2.45, 2.75) is 6.18 Å². The zero-order valence-electron chi connectivity index (χ0n) is 15.0. The zero-order chi connectivity index (χ0) is 20.7. The highest BCUT2D eigenvalue weighted by Crippen LogP contribution is 2.36. The summed E-state index contributed by atoms with van der Waals surface area (Å²) >= 11 is 0. The number of aromatic hydroxyl groups is 1. The second kappa shape index (κ2) is 8.98. The van der Waals surface area contributed by atoms with Gasteiger partial charge in [0.2, 0.25) is 5.75 Å². The maximum atomic E-state index is 12.7. The fraction of sp³-hybridized carbons (Fsp3) is 0.222. The first-order chi connectivity index (χ1) is 13.2. The van der Waals surface area contributed by atoms with Crippen molar-refractivity contribution in [2.24, 2.45) is 5.10 Å². The van der Waals surface area contributed by atoms with Crippen LogP contribution in [-0.4, -0.2) is 38.0 Å². The smallest absolute Gasteiger partial charge is 0.416 e. The lowest BCUT2D eigenvalue weighted by Crippen LogP contribution is -2.26. The van der Waals surface area contributed by atoms with Gasteiger partial charge in [0.05, 0.1) is 32.5 Å². The van der Waals surface area contributed by atoms with Gasteiger partial charge in [-0.25, -0.2) is 5.43 Å². The number of hydrogen-bond acceptors (Lipinski definition) is 6. The number of hydrazone groups is 1. The first kappa shape index (κ1) is 20.9. The maximum Gasteiger partial charge on any atom is 0.416 e. The molecule has 7 nitrogen and oxygen atoms in total. The molecule has 0 unspecified atom stereocenters. The molecule has 0 aromatic heterocycles. The number of phenols is 1. The van der Waals surface area contributed by atoms with Gasteiger partial charge in [-0.15, -0.1) is 0 Å². The molecule has 0 fully saturated rings. The lowest BCUT2D eigenvalue weighted by atomic mass is 10.2. The summed E-state index contributed by atoms with van der Waals surface area (Å²) in [5.41, 5.74) is 2.06. The number of anilines is 1. The highest BCUT2D eigenvalue weighted by Gasteiger charge is 2.30. The number of phenolic OH excluding ortho intramolecular Hbond substituents is 1. The van der Waals surface area contributed by atoms with E-state index in [1.165, 1.54) is 44.7 Å². The third kappa shape index (κ3) is 5.53. The molecule has 2 aromatic rings. The van der Waals surface area contributed by atoms with Gasteiger partial charge >= 0.3 is 6.18 Å². The molecule has 3 N–H and O–H groups in total. The average molecular weight is 397 g/mol. The summed E-state index contributed by atoms with van der Waals surface area (Å²) in [6.07, 6.45) is -3.16. The Morgan fingerprint density at radius 3 is 2.39 bits per heavy atom. The fourth-order valence-electron chi connectivity index (χ4n) is 2.19. The van der Waals surface area contributed by atoms with Crippen LogP contribution in [0, 0.1) is 0 Å². The second-order valence-corrected chi connectivity index (χ2v) is 5.50. The molecule has 0 radical (unpaired) electrons. The minimum atomic E-state index is -4.46. The summed E-state index contributed by atoms with van der Waals surface area (Å²) in [4.78, 5) is 11.8. The van der Waals surface area contributed by atoms with Crippen LogP contribution in [0.25, 0.3) is 0 Å². The van der Waals surface area contributed by atoms with E-state index in [-0.39, 0.29) is 29.5 Å². The Morgan fingerprint density at radius 1 is 1.18 bits per heavy atom. The number of methoxy groups -OCH3 is 2.